The number of carboxylic acids is 1. The number of hydrogen-bond acceptors (Lipinski definition) is 4. The zero-order valence-electron chi connectivity index (χ0n) is 17.7. The highest BCUT2D eigenvalue weighted by atomic mass is 35.5. The number of benzene rings is 3. The summed E-state index contributed by atoms with van der Waals surface area (Å²) >= 11 is 6.04. The molecular weight excluding hydrogens is 444 g/mol. The quantitative estimate of drug-likeness (QED) is 0.481. The number of carbonyl (C=O) groups excluding carboxylic acids is 2. The van der Waals surface area contributed by atoms with Crippen molar-refractivity contribution in [3.63, 3.8) is 0 Å². The first-order valence-corrected chi connectivity index (χ1v) is 10.7. The number of alkyl carbamates (subject to hydrolysis) is 1. The summed E-state index contributed by atoms with van der Waals surface area (Å²) in [5.41, 5.74) is 4.69. The second-order valence-electron chi connectivity index (χ2n) is 7.68. The highest BCUT2D eigenvalue weighted by Crippen LogP contribution is 2.44. The van der Waals surface area contributed by atoms with Gasteiger partial charge < -0.3 is 20.5 Å². The van der Waals surface area contributed by atoms with Crippen molar-refractivity contribution in [3.8, 4) is 11.1 Å². The molecular formula is C25H21ClN2O5. The number of ether oxygens (including phenoxy) is 1. The molecule has 1 atom stereocenters. The Balaban J connectivity index is 1.36. The summed E-state index contributed by atoms with van der Waals surface area (Å²) in [6, 6.07) is 19.1. The Hall–Kier alpha value is -3.84. The second-order valence-corrected chi connectivity index (χ2v) is 8.09. The van der Waals surface area contributed by atoms with Crippen LogP contribution in [0.4, 0.5) is 10.5 Å². The van der Waals surface area contributed by atoms with Gasteiger partial charge in [-0.25, -0.2) is 9.59 Å². The normalized spacial score (nSPS) is 12.9. The van der Waals surface area contributed by atoms with E-state index >= 15 is 0 Å². The standard InChI is InChI=1S/C25H21ClN2O5/c1-14(23(29)28-22-11-10-15(24(30)31)12-21(22)26)27-25(32)33-13-20-18-8-4-2-6-16(18)17-7-3-5-9-19(17)20/h2-12,14,20H,13H2,1H3,(H,27,32)(H,28,29)(H,30,31)/t14-/m0/s1. The van der Waals surface area contributed by atoms with Crippen LogP contribution in [0.15, 0.2) is 66.7 Å². The SMILES string of the molecule is C[C@H](NC(=O)OCC1c2ccccc2-c2ccccc21)C(=O)Nc1ccc(C(=O)O)cc1Cl. The van der Waals surface area contributed by atoms with Crippen molar-refractivity contribution < 1.29 is 24.2 Å². The Kier molecular flexibility index (Phi) is 6.33. The maximum atomic E-state index is 12.5. The fourth-order valence-corrected chi connectivity index (χ4v) is 4.10. The number of anilines is 1. The van der Waals surface area contributed by atoms with Gasteiger partial charge in [0.25, 0.3) is 0 Å². The van der Waals surface area contributed by atoms with Crippen LogP contribution in [-0.4, -0.2) is 35.7 Å². The average molecular weight is 465 g/mol. The van der Waals surface area contributed by atoms with Crippen LogP contribution in [0.2, 0.25) is 5.02 Å². The number of amides is 2. The van der Waals surface area contributed by atoms with Gasteiger partial charge in [-0.3, -0.25) is 4.79 Å². The summed E-state index contributed by atoms with van der Waals surface area (Å²) in [7, 11) is 0. The highest BCUT2D eigenvalue weighted by molar-refractivity contribution is 6.34. The molecule has 4 rings (SSSR count). The molecule has 0 aromatic heterocycles. The van der Waals surface area contributed by atoms with Gasteiger partial charge in [-0.1, -0.05) is 60.1 Å². The third-order valence-electron chi connectivity index (χ3n) is 5.55. The van der Waals surface area contributed by atoms with Gasteiger partial charge in [-0.15, -0.1) is 0 Å². The molecule has 0 radical (unpaired) electrons. The van der Waals surface area contributed by atoms with Gasteiger partial charge >= 0.3 is 12.1 Å². The number of fused-ring (bicyclic) bond motifs is 3. The number of nitrogens with one attached hydrogen (secondary N) is 2. The summed E-state index contributed by atoms with van der Waals surface area (Å²) in [5, 5.41) is 14.2. The molecule has 3 aromatic rings. The van der Waals surface area contributed by atoms with Crippen molar-refractivity contribution in [1.29, 1.82) is 0 Å². The van der Waals surface area contributed by atoms with E-state index in [4.69, 9.17) is 21.4 Å². The number of carboxylic acid groups (broad SMARTS) is 1. The lowest BCUT2D eigenvalue weighted by atomic mass is 9.98. The molecule has 1 aliphatic carbocycles. The van der Waals surface area contributed by atoms with E-state index in [0.29, 0.717) is 0 Å². The summed E-state index contributed by atoms with van der Waals surface area (Å²) in [4.78, 5) is 35.8. The molecule has 7 nitrogen and oxygen atoms in total. The summed E-state index contributed by atoms with van der Waals surface area (Å²) < 4.78 is 5.46. The van der Waals surface area contributed by atoms with Gasteiger partial charge in [0.2, 0.25) is 5.91 Å². The van der Waals surface area contributed by atoms with E-state index in [-0.39, 0.29) is 28.8 Å². The largest absolute Gasteiger partial charge is 0.478 e. The topological polar surface area (TPSA) is 105 Å². The average Bonchev–Trinajstić information content (AvgIpc) is 3.12. The van der Waals surface area contributed by atoms with Gasteiger partial charge in [-0.05, 0) is 47.4 Å². The van der Waals surface area contributed by atoms with Crippen LogP contribution >= 0.6 is 11.6 Å². The Morgan fingerprint density at radius 3 is 2.18 bits per heavy atom. The second kappa shape index (κ2) is 9.34. The first-order chi connectivity index (χ1) is 15.8. The fourth-order valence-electron chi connectivity index (χ4n) is 3.87. The van der Waals surface area contributed by atoms with Crippen molar-refractivity contribution in [1.82, 2.24) is 5.32 Å². The first-order valence-electron chi connectivity index (χ1n) is 10.3. The monoisotopic (exact) mass is 464 g/mol. The summed E-state index contributed by atoms with van der Waals surface area (Å²) in [6.07, 6.45) is -0.716. The fraction of sp³-hybridized carbons (Fsp3) is 0.160. The van der Waals surface area contributed by atoms with E-state index in [2.05, 4.69) is 22.8 Å². The van der Waals surface area contributed by atoms with Crippen molar-refractivity contribution in [3.05, 3.63) is 88.4 Å². The van der Waals surface area contributed by atoms with E-state index < -0.39 is 24.0 Å². The predicted octanol–water partition coefficient (Wildman–Crippen LogP) is 4.90. The minimum Gasteiger partial charge on any atom is -0.478 e. The number of hydrogen-bond donors (Lipinski definition) is 3. The molecule has 0 saturated heterocycles. The highest BCUT2D eigenvalue weighted by Gasteiger charge is 2.29. The van der Waals surface area contributed by atoms with Crippen LogP contribution in [0.25, 0.3) is 11.1 Å². The summed E-state index contributed by atoms with van der Waals surface area (Å²) in [5.74, 6) is -1.73. The summed E-state index contributed by atoms with van der Waals surface area (Å²) in [6.45, 7) is 1.65. The molecule has 0 saturated carbocycles. The number of rotatable bonds is 6. The molecule has 2 amide bonds. The maximum Gasteiger partial charge on any atom is 0.407 e. The van der Waals surface area contributed by atoms with E-state index in [1.807, 2.05) is 36.4 Å². The lowest BCUT2D eigenvalue weighted by Crippen LogP contribution is -2.42. The molecule has 3 N–H and O–H groups in total. The van der Waals surface area contributed by atoms with Crippen LogP contribution in [-0.2, 0) is 9.53 Å². The molecule has 3 aromatic carbocycles. The third kappa shape index (κ3) is 4.68. The van der Waals surface area contributed by atoms with Crippen LogP contribution in [0.3, 0.4) is 0 Å². The van der Waals surface area contributed by atoms with Gasteiger partial charge in [-0.2, -0.15) is 0 Å². The van der Waals surface area contributed by atoms with Crippen molar-refractivity contribution >= 4 is 35.3 Å². The van der Waals surface area contributed by atoms with Gasteiger partial charge in [0.15, 0.2) is 0 Å². The molecule has 0 unspecified atom stereocenters. The lowest BCUT2D eigenvalue weighted by molar-refractivity contribution is -0.117. The smallest absolute Gasteiger partial charge is 0.407 e. The number of carbonyl (C=O) groups is 3. The zero-order valence-corrected chi connectivity index (χ0v) is 18.4. The van der Waals surface area contributed by atoms with Crippen LogP contribution in [0.1, 0.15) is 34.3 Å². The Bertz CT molecular complexity index is 1200. The van der Waals surface area contributed by atoms with Crippen LogP contribution in [0, 0.1) is 0 Å². The van der Waals surface area contributed by atoms with Crippen LogP contribution in [0.5, 0.6) is 0 Å². The molecule has 0 bridgehead atoms. The molecule has 33 heavy (non-hydrogen) atoms. The molecule has 0 spiro atoms. The Morgan fingerprint density at radius 1 is 1.00 bits per heavy atom. The lowest BCUT2D eigenvalue weighted by Gasteiger charge is -2.17. The Morgan fingerprint density at radius 2 is 1.61 bits per heavy atom. The number of halogens is 1. The molecule has 8 heteroatoms. The Labute approximate surface area is 195 Å². The van der Waals surface area contributed by atoms with Gasteiger partial charge in [0.05, 0.1) is 16.3 Å². The van der Waals surface area contributed by atoms with E-state index in [0.717, 1.165) is 22.3 Å². The van der Waals surface area contributed by atoms with Crippen molar-refractivity contribution in [2.45, 2.75) is 18.9 Å². The predicted molar refractivity (Wildman–Crippen MR) is 125 cm³/mol. The van der Waals surface area contributed by atoms with Crippen molar-refractivity contribution in [2.24, 2.45) is 0 Å². The molecule has 0 heterocycles. The van der Waals surface area contributed by atoms with Crippen LogP contribution < -0.4 is 10.6 Å². The maximum absolute atomic E-state index is 12.5. The molecule has 168 valence electrons. The minimum absolute atomic E-state index is 0.00260. The third-order valence-corrected chi connectivity index (χ3v) is 5.86. The van der Waals surface area contributed by atoms with E-state index in [9.17, 15) is 14.4 Å². The van der Waals surface area contributed by atoms with Gasteiger partial charge in [0, 0.05) is 5.92 Å². The zero-order chi connectivity index (χ0) is 23.5. The van der Waals surface area contributed by atoms with E-state index in [1.165, 1.54) is 25.1 Å². The van der Waals surface area contributed by atoms with E-state index in [1.54, 1.807) is 0 Å². The molecule has 0 aliphatic heterocycles. The number of aromatic carboxylic acids is 1. The first kappa shape index (κ1) is 22.4. The van der Waals surface area contributed by atoms with Gasteiger partial charge in [0.1, 0.15) is 12.6 Å². The minimum atomic E-state index is -1.12. The molecule has 0 fully saturated rings. The molecule has 1 aliphatic rings. The van der Waals surface area contributed by atoms with Crippen molar-refractivity contribution in [2.75, 3.05) is 11.9 Å².